The van der Waals surface area contributed by atoms with E-state index in [2.05, 4.69) is 9.97 Å². The Kier molecular flexibility index (Phi) is 2.64. The van der Waals surface area contributed by atoms with E-state index in [1.807, 2.05) is 18.2 Å². The van der Waals surface area contributed by atoms with Crippen LogP contribution in [-0.2, 0) is 0 Å². The number of aromatic nitrogens is 2. The molecular weight excluding hydrogens is 192 g/mol. The molecule has 2 aromatic rings. The van der Waals surface area contributed by atoms with Gasteiger partial charge < -0.3 is 16.2 Å². The molecule has 0 atom stereocenters. The molecule has 1 heterocycles. The third-order valence-corrected chi connectivity index (χ3v) is 2.03. The lowest BCUT2D eigenvalue weighted by molar-refractivity contribution is 0.328. The first-order valence-corrected chi connectivity index (χ1v) is 4.64. The van der Waals surface area contributed by atoms with Gasteiger partial charge in [0, 0.05) is 18.0 Å². The van der Waals surface area contributed by atoms with Crippen LogP contribution in [0, 0.1) is 0 Å². The minimum atomic E-state index is 0.477. The molecule has 5 heteroatoms. The molecule has 4 N–H and O–H groups in total. The third kappa shape index (κ3) is 1.97. The summed E-state index contributed by atoms with van der Waals surface area (Å²) >= 11 is 0. The van der Waals surface area contributed by atoms with Gasteiger partial charge in [0.1, 0.15) is 24.5 Å². The van der Waals surface area contributed by atoms with E-state index >= 15 is 0 Å². The summed E-state index contributed by atoms with van der Waals surface area (Å²) in [6.07, 6.45) is 1.43. The molecule has 2 rings (SSSR count). The van der Waals surface area contributed by atoms with Crippen molar-refractivity contribution in [2.45, 2.75) is 0 Å². The largest absolute Gasteiger partial charge is 0.492 e. The molecule has 0 radical (unpaired) electrons. The maximum absolute atomic E-state index is 5.69. The molecule has 0 aliphatic carbocycles. The number of nitrogens with two attached hydrogens (primary N) is 2. The maximum Gasteiger partial charge on any atom is 0.134 e. The van der Waals surface area contributed by atoms with Crippen molar-refractivity contribution in [3.8, 4) is 5.75 Å². The molecule has 0 aliphatic rings. The second-order valence-electron chi connectivity index (χ2n) is 3.08. The molecule has 1 aromatic heterocycles. The summed E-state index contributed by atoms with van der Waals surface area (Å²) in [7, 11) is 0. The van der Waals surface area contributed by atoms with Crippen LogP contribution < -0.4 is 16.2 Å². The second-order valence-corrected chi connectivity index (χ2v) is 3.08. The van der Waals surface area contributed by atoms with E-state index in [0.717, 1.165) is 16.7 Å². The van der Waals surface area contributed by atoms with Crippen LogP contribution in [0.15, 0.2) is 24.5 Å². The van der Waals surface area contributed by atoms with Crippen molar-refractivity contribution in [3.63, 3.8) is 0 Å². The van der Waals surface area contributed by atoms with Gasteiger partial charge in [-0.25, -0.2) is 9.97 Å². The zero-order valence-electron chi connectivity index (χ0n) is 8.18. The van der Waals surface area contributed by atoms with Gasteiger partial charge in [0.2, 0.25) is 0 Å². The summed E-state index contributed by atoms with van der Waals surface area (Å²) in [6.45, 7) is 0.982. The minimum Gasteiger partial charge on any atom is -0.492 e. The molecule has 0 fully saturated rings. The Hall–Kier alpha value is -1.88. The van der Waals surface area contributed by atoms with Crippen molar-refractivity contribution in [1.29, 1.82) is 0 Å². The number of benzene rings is 1. The monoisotopic (exact) mass is 204 g/mol. The minimum absolute atomic E-state index is 0.477. The molecule has 0 bridgehead atoms. The fourth-order valence-corrected chi connectivity index (χ4v) is 1.32. The highest BCUT2D eigenvalue weighted by Crippen LogP contribution is 2.21. The van der Waals surface area contributed by atoms with Crippen molar-refractivity contribution < 1.29 is 4.74 Å². The quantitative estimate of drug-likeness (QED) is 0.762. The Morgan fingerprint density at radius 3 is 2.93 bits per heavy atom. The molecule has 0 unspecified atom stereocenters. The number of fused-ring (bicyclic) bond motifs is 1. The molecule has 1 aromatic carbocycles. The predicted octanol–water partition coefficient (Wildman–Crippen LogP) is 0.549. The van der Waals surface area contributed by atoms with Gasteiger partial charge in [0.25, 0.3) is 0 Å². The van der Waals surface area contributed by atoms with Gasteiger partial charge in [-0.3, -0.25) is 0 Å². The van der Waals surface area contributed by atoms with E-state index in [9.17, 15) is 0 Å². The van der Waals surface area contributed by atoms with Gasteiger partial charge in [0.05, 0.1) is 5.52 Å². The van der Waals surface area contributed by atoms with Crippen molar-refractivity contribution >= 4 is 16.7 Å². The smallest absolute Gasteiger partial charge is 0.134 e. The van der Waals surface area contributed by atoms with Crippen LogP contribution in [-0.4, -0.2) is 23.1 Å². The molecular formula is C10H12N4O. The normalized spacial score (nSPS) is 10.5. The first-order valence-electron chi connectivity index (χ1n) is 4.64. The van der Waals surface area contributed by atoms with Gasteiger partial charge in [-0.2, -0.15) is 0 Å². The van der Waals surface area contributed by atoms with Crippen LogP contribution in [0.4, 0.5) is 5.82 Å². The fourth-order valence-electron chi connectivity index (χ4n) is 1.32. The van der Waals surface area contributed by atoms with Gasteiger partial charge in [0.15, 0.2) is 0 Å². The summed E-state index contributed by atoms with van der Waals surface area (Å²) in [6, 6.07) is 5.50. The SMILES string of the molecule is NCCOc1ccc2c(N)ncnc2c1. The van der Waals surface area contributed by atoms with Gasteiger partial charge in [-0.05, 0) is 12.1 Å². The first kappa shape index (κ1) is 9.67. The molecule has 5 nitrogen and oxygen atoms in total. The Morgan fingerprint density at radius 2 is 2.13 bits per heavy atom. The molecule has 0 spiro atoms. The Labute approximate surface area is 87.1 Å². The number of nitrogens with zero attached hydrogens (tertiary/aromatic N) is 2. The highest BCUT2D eigenvalue weighted by molar-refractivity contribution is 5.88. The van der Waals surface area contributed by atoms with Crippen LogP contribution in [0.1, 0.15) is 0 Å². The summed E-state index contributed by atoms with van der Waals surface area (Å²) in [5.74, 6) is 1.22. The van der Waals surface area contributed by atoms with Crippen LogP contribution >= 0.6 is 0 Å². The summed E-state index contributed by atoms with van der Waals surface area (Å²) < 4.78 is 5.38. The average Bonchev–Trinajstić information content (AvgIpc) is 2.26. The number of hydrogen-bond donors (Lipinski definition) is 2. The average molecular weight is 204 g/mol. The van der Waals surface area contributed by atoms with E-state index in [4.69, 9.17) is 16.2 Å². The van der Waals surface area contributed by atoms with Gasteiger partial charge in [-0.15, -0.1) is 0 Å². The standard InChI is InChI=1S/C10H12N4O/c11-3-4-15-7-1-2-8-9(5-7)13-6-14-10(8)12/h1-2,5-6H,3-4,11H2,(H2,12,13,14). The van der Waals surface area contributed by atoms with Crippen molar-refractivity contribution in [1.82, 2.24) is 9.97 Å². The van der Waals surface area contributed by atoms with Gasteiger partial charge in [-0.1, -0.05) is 0 Å². The second kappa shape index (κ2) is 4.10. The van der Waals surface area contributed by atoms with E-state index in [0.29, 0.717) is 19.0 Å². The van der Waals surface area contributed by atoms with Crippen molar-refractivity contribution in [2.24, 2.45) is 5.73 Å². The maximum atomic E-state index is 5.69. The highest BCUT2D eigenvalue weighted by atomic mass is 16.5. The number of hydrogen-bond acceptors (Lipinski definition) is 5. The predicted molar refractivity (Wildman–Crippen MR) is 58.5 cm³/mol. The van der Waals surface area contributed by atoms with Crippen molar-refractivity contribution in [3.05, 3.63) is 24.5 Å². The molecule has 0 saturated heterocycles. The summed E-state index contributed by atoms with van der Waals surface area (Å²) in [4.78, 5) is 8.01. The Bertz CT molecular complexity index is 472. The third-order valence-electron chi connectivity index (χ3n) is 2.03. The topological polar surface area (TPSA) is 87.0 Å². The first-order chi connectivity index (χ1) is 7.31. The van der Waals surface area contributed by atoms with Crippen LogP contribution in [0.25, 0.3) is 10.9 Å². The Balaban J connectivity index is 2.39. The van der Waals surface area contributed by atoms with Gasteiger partial charge >= 0.3 is 0 Å². The van der Waals surface area contributed by atoms with Crippen LogP contribution in [0.2, 0.25) is 0 Å². The number of anilines is 1. The molecule has 0 amide bonds. The Morgan fingerprint density at radius 1 is 1.27 bits per heavy atom. The molecule has 0 saturated carbocycles. The number of ether oxygens (including phenoxy) is 1. The summed E-state index contributed by atoms with van der Waals surface area (Å²) in [5, 5.41) is 0.831. The van der Waals surface area contributed by atoms with Crippen LogP contribution in [0.5, 0.6) is 5.75 Å². The zero-order chi connectivity index (χ0) is 10.7. The van der Waals surface area contributed by atoms with E-state index < -0.39 is 0 Å². The molecule has 78 valence electrons. The lowest BCUT2D eigenvalue weighted by Gasteiger charge is -2.05. The lowest BCUT2D eigenvalue weighted by atomic mass is 10.2. The highest BCUT2D eigenvalue weighted by Gasteiger charge is 2.01. The fraction of sp³-hybridized carbons (Fsp3) is 0.200. The zero-order valence-corrected chi connectivity index (χ0v) is 8.18. The lowest BCUT2D eigenvalue weighted by Crippen LogP contribution is -2.10. The van der Waals surface area contributed by atoms with Crippen molar-refractivity contribution in [2.75, 3.05) is 18.9 Å². The number of rotatable bonds is 3. The number of nitrogen functional groups attached to an aromatic ring is 1. The molecule has 15 heavy (non-hydrogen) atoms. The van der Waals surface area contributed by atoms with E-state index in [-0.39, 0.29) is 0 Å². The van der Waals surface area contributed by atoms with E-state index in [1.165, 1.54) is 6.33 Å². The molecule has 0 aliphatic heterocycles. The van der Waals surface area contributed by atoms with E-state index in [1.54, 1.807) is 0 Å². The summed E-state index contributed by atoms with van der Waals surface area (Å²) in [5.41, 5.74) is 11.8. The van der Waals surface area contributed by atoms with Crippen LogP contribution in [0.3, 0.4) is 0 Å².